The molecule has 114 valence electrons. The monoisotopic (exact) mass is 292 g/mol. The number of piperazine rings is 1. The molecule has 0 aromatic carbocycles. The van der Waals surface area contributed by atoms with Crippen LogP contribution in [0, 0.1) is 0 Å². The summed E-state index contributed by atoms with van der Waals surface area (Å²) in [5.41, 5.74) is 5.28. The maximum absolute atomic E-state index is 11.1. The number of aliphatic hydroxyl groups excluding tert-OH is 1. The summed E-state index contributed by atoms with van der Waals surface area (Å²) >= 11 is 0. The fourth-order valence-electron chi connectivity index (χ4n) is 2.74. The van der Waals surface area contributed by atoms with Crippen molar-refractivity contribution in [3.05, 3.63) is 12.3 Å². The Balaban J connectivity index is 1.68. The van der Waals surface area contributed by atoms with Crippen molar-refractivity contribution in [2.45, 2.75) is 12.5 Å². The molecular weight excluding hydrogens is 272 g/mol. The number of aliphatic hydroxyl groups is 1. The normalized spacial score (nSPS) is 22.7. The van der Waals surface area contributed by atoms with Crippen LogP contribution in [0.15, 0.2) is 12.3 Å². The van der Waals surface area contributed by atoms with Gasteiger partial charge >= 0.3 is 6.03 Å². The average molecular weight is 292 g/mol. The fraction of sp³-hybridized carbons (Fsp3) is 0.615. The van der Waals surface area contributed by atoms with Crippen LogP contribution in [0.5, 0.6) is 0 Å². The van der Waals surface area contributed by atoms with Crippen LogP contribution in [-0.4, -0.2) is 71.4 Å². The molecule has 2 amide bonds. The molecule has 1 aromatic rings. The van der Waals surface area contributed by atoms with Gasteiger partial charge in [0.05, 0.1) is 6.10 Å². The highest BCUT2D eigenvalue weighted by Crippen LogP contribution is 2.20. The second-order valence-corrected chi connectivity index (χ2v) is 5.42. The van der Waals surface area contributed by atoms with Gasteiger partial charge in [-0.25, -0.2) is 9.78 Å². The van der Waals surface area contributed by atoms with Crippen molar-refractivity contribution in [2.75, 3.05) is 49.1 Å². The van der Waals surface area contributed by atoms with Crippen molar-refractivity contribution in [1.82, 2.24) is 14.9 Å². The van der Waals surface area contributed by atoms with E-state index in [9.17, 15) is 9.90 Å². The molecule has 3 N–H and O–H groups in total. The fourth-order valence-corrected chi connectivity index (χ4v) is 2.74. The highest BCUT2D eigenvalue weighted by Gasteiger charge is 2.24. The number of urea groups is 1. The zero-order valence-electron chi connectivity index (χ0n) is 11.9. The molecule has 0 aliphatic carbocycles. The molecule has 3 rings (SSSR count). The molecule has 1 unspecified atom stereocenters. The quantitative estimate of drug-likeness (QED) is 0.744. The minimum absolute atomic E-state index is 0.275. The lowest BCUT2D eigenvalue weighted by atomic mass is 10.3. The first-order valence-electron chi connectivity index (χ1n) is 7.19. The van der Waals surface area contributed by atoms with Crippen LogP contribution in [0.25, 0.3) is 0 Å². The molecule has 1 atom stereocenters. The summed E-state index contributed by atoms with van der Waals surface area (Å²) in [5.74, 6) is 1.51. The number of carbonyl (C=O) groups is 1. The number of anilines is 2. The van der Waals surface area contributed by atoms with E-state index in [-0.39, 0.29) is 12.1 Å². The number of hydrogen-bond donors (Lipinski definition) is 2. The smallest absolute Gasteiger partial charge is 0.314 e. The summed E-state index contributed by atoms with van der Waals surface area (Å²) in [7, 11) is 0. The van der Waals surface area contributed by atoms with Crippen molar-refractivity contribution < 1.29 is 9.90 Å². The largest absolute Gasteiger partial charge is 0.391 e. The van der Waals surface area contributed by atoms with Crippen LogP contribution in [0.1, 0.15) is 6.42 Å². The molecular formula is C13H20N6O2. The molecule has 8 heteroatoms. The minimum atomic E-state index is -0.379. The third-order valence-corrected chi connectivity index (χ3v) is 3.99. The number of rotatable bonds is 2. The molecule has 21 heavy (non-hydrogen) atoms. The van der Waals surface area contributed by atoms with Crippen LogP contribution in [0.4, 0.5) is 16.6 Å². The van der Waals surface area contributed by atoms with Gasteiger partial charge in [-0.15, -0.1) is 0 Å². The van der Waals surface area contributed by atoms with Gasteiger partial charge in [-0.05, 0) is 12.5 Å². The first-order chi connectivity index (χ1) is 10.1. The van der Waals surface area contributed by atoms with Crippen LogP contribution in [0.3, 0.4) is 0 Å². The summed E-state index contributed by atoms with van der Waals surface area (Å²) in [6.07, 6.45) is 2.24. The first-order valence-corrected chi connectivity index (χ1v) is 7.19. The molecule has 0 bridgehead atoms. The number of amides is 2. The van der Waals surface area contributed by atoms with Crippen LogP contribution in [-0.2, 0) is 0 Å². The summed E-state index contributed by atoms with van der Waals surface area (Å²) in [5, 5.41) is 9.62. The third-order valence-electron chi connectivity index (χ3n) is 3.99. The molecule has 0 radical (unpaired) electrons. The molecule has 0 spiro atoms. The van der Waals surface area contributed by atoms with E-state index >= 15 is 0 Å². The topological polar surface area (TPSA) is 98.8 Å². The summed E-state index contributed by atoms with van der Waals surface area (Å²) < 4.78 is 0. The Morgan fingerprint density at radius 2 is 2.00 bits per heavy atom. The second kappa shape index (κ2) is 5.72. The number of β-amino-alcohol motifs (C(OH)–C–C–N with tert-alkyl or cyclic N) is 1. The van der Waals surface area contributed by atoms with E-state index < -0.39 is 0 Å². The maximum atomic E-state index is 11.1. The number of carbonyl (C=O) groups excluding carboxylic acids is 1. The molecule has 2 aliphatic heterocycles. The van der Waals surface area contributed by atoms with Gasteiger partial charge in [0, 0.05) is 45.5 Å². The van der Waals surface area contributed by atoms with Gasteiger partial charge in [0.2, 0.25) is 5.95 Å². The summed E-state index contributed by atoms with van der Waals surface area (Å²) in [6, 6.07) is 1.48. The Morgan fingerprint density at radius 1 is 1.24 bits per heavy atom. The van der Waals surface area contributed by atoms with Crippen molar-refractivity contribution in [3.8, 4) is 0 Å². The van der Waals surface area contributed by atoms with Gasteiger partial charge < -0.3 is 25.5 Å². The Kier molecular flexibility index (Phi) is 3.78. The van der Waals surface area contributed by atoms with E-state index in [4.69, 9.17) is 5.73 Å². The van der Waals surface area contributed by atoms with Crippen molar-refractivity contribution >= 4 is 17.8 Å². The zero-order valence-corrected chi connectivity index (χ0v) is 11.9. The van der Waals surface area contributed by atoms with Crippen LogP contribution < -0.4 is 15.5 Å². The molecule has 0 saturated carbocycles. The number of nitrogens with two attached hydrogens (primary N) is 1. The predicted molar refractivity (Wildman–Crippen MR) is 78.2 cm³/mol. The Bertz CT molecular complexity index is 517. The van der Waals surface area contributed by atoms with E-state index in [1.54, 1.807) is 11.1 Å². The van der Waals surface area contributed by atoms with Gasteiger partial charge in [0.25, 0.3) is 0 Å². The second-order valence-electron chi connectivity index (χ2n) is 5.42. The molecule has 2 fully saturated rings. The van der Waals surface area contributed by atoms with E-state index in [0.29, 0.717) is 38.7 Å². The van der Waals surface area contributed by atoms with Gasteiger partial charge in [-0.3, -0.25) is 0 Å². The standard InChI is InChI=1S/C13H20N6O2/c14-12(21)17-5-7-18(8-6-17)13-15-3-1-11(16-13)19-4-2-10(20)9-19/h1,3,10,20H,2,4-9H2,(H2,14,21). The number of aromatic nitrogens is 2. The Morgan fingerprint density at radius 3 is 2.62 bits per heavy atom. The predicted octanol–water partition coefficient (Wildman–Crippen LogP) is -0.752. The summed E-state index contributed by atoms with van der Waals surface area (Å²) in [4.78, 5) is 25.8. The number of nitrogens with zero attached hydrogens (tertiary/aromatic N) is 5. The lowest BCUT2D eigenvalue weighted by Crippen LogP contribution is -2.51. The third kappa shape index (κ3) is 2.99. The van der Waals surface area contributed by atoms with E-state index in [2.05, 4.69) is 19.8 Å². The van der Waals surface area contributed by atoms with E-state index in [1.807, 2.05) is 6.07 Å². The van der Waals surface area contributed by atoms with Crippen molar-refractivity contribution in [3.63, 3.8) is 0 Å². The summed E-state index contributed by atoms with van der Waals surface area (Å²) in [6.45, 7) is 3.96. The molecule has 1 aromatic heterocycles. The Hall–Kier alpha value is -2.09. The van der Waals surface area contributed by atoms with Gasteiger partial charge in [-0.2, -0.15) is 4.98 Å². The number of hydrogen-bond acceptors (Lipinski definition) is 6. The van der Waals surface area contributed by atoms with E-state index in [0.717, 1.165) is 18.8 Å². The van der Waals surface area contributed by atoms with Gasteiger partial charge in [0.1, 0.15) is 5.82 Å². The Labute approximate surface area is 123 Å². The van der Waals surface area contributed by atoms with Crippen molar-refractivity contribution in [2.24, 2.45) is 5.73 Å². The molecule has 3 heterocycles. The van der Waals surface area contributed by atoms with Crippen LogP contribution >= 0.6 is 0 Å². The maximum Gasteiger partial charge on any atom is 0.314 e. The van der Waals surface area contributed by atoms with Gasteiger partial charge in [0.15, 0.2) is 0 Å². The van der Waals surface area contributed by atoms with Crippen molar-refractivity contribution in [1.29, 1.82) is 0 Å². The molecule has 2 aliphatic rings. The van der Waals surface area contributed by atoms with Gasteiger partial charge in [-0.1, -0.05) is 0 Å². The first kappa shape index (κ1) is 13.9. The molecule has 2 saturated heterocycles. The lowest BCUT2D eigenvalue weighted by Gasteiger charge is -2.34. The average Bonchev–Trinajstić information content (AvgIpc) is 2.94. The minimum Gasteiger partial charge on any atom is -0.391 e. The molecule has 8 nitrogen and oxygen atoms in total. The number of primary amides is 1. The highest BCUT2D eigenvalue weighted by atomic mass is 16.3. The highest BCUT2D eigenvalue weighted by molar-refractivity contribution is 5.72. The van der Waals surface area contributed by atoms with E-state index in [1.165, 1.54) is 0 Å². The SMILES string of the molecule is NC(=O)N1CCN(c2nccc(N3CCC(O)C3)n2)CC1. The lowest BCUT2D eigenvalue weighted by molar-refractivity contribution is 0.198. The zero-order chi connectivity index (χ0) is 14.8. The van der Waals surface area contributed by atoms with Crippen LogP contribution in [0.2, 0.25) is 0 Å².